The Morgan fingerprint density at radius 3 is 2.55 bits per heavy atom. The SMILES string of the molecule is CC1=CCCCC1C(C)(C)O. The first kappa shape index (κ1) is 8.79. The van der Waals surface area contributed by atoms with Gasteiger partial charge in [-0.2, -0.15) is 0 Å². The van der Waals surface area contributed by atoms with E-state index in [0.29, 0.717) is 5.92 Å². The van der Waals surface area contributed by atoms with Crippen molar-refractivity contribution < 1.29 is 5.11 Å². The maximum absolute atomic E-state index is 9.77. The van der Waals surface area contributed by atoms with E-state index in [1.54, 1.807) is 0 Å². The summed E-state index contributed by atoms with van der Waals surface area (Å²) in [5, 5.41) is 9.77. The molecule has 0 radical (unpaired) electrons. The Bertz CT molecular complexity index is 162. The van der Waals surface area contributed by atoms with Gasteiger partial charge >= 0.3 is 0 Å². The fraction of sp³-hybridized carbons (Fsp3) is 0.800. The highest BCUT2D eigenvalue weighted by Crippen LogP contribution is 2.32. The summed E-state index contributed by atoms with van der Waals surface area (Å²) in [5.41, 5.74) is 0.838. The monoisotopic (exact) mass is 154 g/mol. The Labute approximate surface area is 69.1 Å². The van der Waals surface area contributed by atoms with Crippen LogP contribution in [0.4, 0.5) is 0 Å². The third-order valence-corrected chi connectivity index (χ3v) is 2.57. The second-order valence-electron chi connectivity index (χ2n) is 4.09. The molecule has 1 aliphatic rings. The van der Waals surface area contributed by atoms with Crippen molar-refractivity contribution in [1.29, 1.82) is 0 Å². The molecule has 1 atom stereocenters. The highest BCUT2D eigenvalue weighted by molar-refractivity contribution is 5.11. The van der Waals surface area contributed by atoms with Crippen LogP contribution in [0.1, 0.15) is 40.0 Å². The van der Waals surface area contributed by atoms with Gasteiger partial charge in [0.2, 0.25) is 0 Å². The molecule has 1 nitrogen and oxygen atoms in total. The molecule has 0 aromatic rings. The highest BCUT2D eigenvalue weighted by atomic mass is 16.3. The van der Waals surface area contributed by atoms with Gasteiger partial charge in [-0.05, 0) is 40.0 Å². The molecular weight excluding hydrogens is 136 g/mol. The third-order valence-electron chi connectivity index (χ3n) is 2.57. The summed E-state index contributed by atoms with van der Waals surface area (Å²) in [6.45, 7) is 5.93. The smallest absolute Gasteiger partial charge is 0.0656 e. The van der Waals surface area contributed by atoms with Crippen LogP contribution in [-0.4, -0.2) is 10.7 Å². The van der Waals surface area contributed by atoms with Crippen LogP contribution in [0.5, 0.6) is 0 Å². The van der Waals surface area contributed by atoms with Gasteiger partial charge in [-0.3, -0.25) is 0 Å². The van der Waals surface area contributed by atoms with Crippen molar-refractivity contribution in [2.75, 3.05) is 0 Å². The summed E-state index contributed by atoms with van der Waals surface area (Å²) in [6.07, 6.45) is 5.82. The van der Waals surface area contributed by atoms with E-state index < -0.39 is 5.60 Å². The first-order valence-corrected chi connectivity index (χ1v) is 4.41. The van der Waals surface area contributed by atoms with Gasteiger partial charge in [0.25, 0.3) is 0 Å². The van der Waals surface area contributed by atoms with Crippen molar-refractivity contribution in [2.24, 2.45) is 5.92 Å². The molecule has 11 heavy (non-hydrogen) atoms. The van der Waals surface area contributed by atoms with E-state index in [1.807, 2.05) is 13.8 Å². The minimum Gasteiger partial charge on any atom is -0.390 e. The molecule has 1 N–H and O–H groups in total. The Morgan fingerprint density at radius 2 is 2.18 bits per heavy atom. The quantitative estimate of drug-likeness (QED) is 0.575. The minimum atomic E-state index is -0.527. The summed E-state index contributed by atoms with van der Waals surface area (Å²) >= 11 is 0. The average Bonchev–Trinajstić information content (AvgIpc) is 1.86. The third kappa shape index (κ3) is 2.06. The average molecular weight is 154 g/mol. The second-order valence-corrected chi connectivity index (χ2v) is 4.09. The normalized spacial score (nSPS) is 26.5. The number of rotatable bonds is 1. The van der Waals surface area contributed by atoms with Crippen LogP contribution < -0.4 is 0 Å². The van der Waals surface area contributed by atoms with Crippen molar-refractivity contribution in [2.45, 2.75) is 45.6 Å². The predicted molar refractivity (Wildman–Crippen MR) is 47.4 cm³/mol. The molecule has 0 heterocycles. The molecule has 0 bridgehead atoms. The van der Waals surface area contributed by atoms with Crippen LogP contribution >= 0.6 is 0 Å². The van der Waals surface area contributed by atoms with Gasteiger partial charge in [0, 0.05) is 5.92 Å². The van der Waals surface area contributed by atoms with Gasteiger partial charge in [0.05, 0.1) is 5.60 Å². The van der Waals surface area contributed by atoms with E-state index in [4.69, 9.17) is 0 Å². The van der Waals surface area contributed by atoms with Crippen molar-refractivity contribution in [3.05, 3.63) is 11.6 Å². The van der Waals surface area contributed by atoms with E-state index in [1.165, 1.54) is 18.4 Å². The number of aliphatic hydroxyl groups is 1. The zero-order chi connectivity index (χ0) is 8.48. The van der Waals surface area contributed by atoms with E-state index in [-0.39, 0.29) is 0 Å². The van der Waals surface area contributed by atoms with Gasteiger partial charge in [0.1, 0.15) is 0 Å². The largest absolute Gasteiger partial charge is 0.390 e. The first-order chi connectivity index (χ1) is 5.02. The van der Waals surface area contributed by atoms with Crippen LogP contribution in [0.2, 0.25) is 0 Å². The molecule has 0 amide bonds. The number of hydrogen-bond donors (Lipinski definition) is 1. The Morgan fingerprint density at radius 1 is 1.55 bits per heavy atom. The topological polar surface area (TPSA) is 20.2 Å². The zero-order valence-corrected chi connectivity index (χ0v) is 7.72. The maximum Gasteiger partial charge on any atom is 0.0656 e. The Balaban J connectivity index is 2.71. The van der Waals surface area contributed by atoms with Crippen molar-refractivity contribution in [3.8, 4) is 0 Å². The molecule has 0 aromatic carbocycles. The van der Waals surface area contributed by atoms with E-state index >= 15 is 0 Å². The molecule has 1 rings (SSSR count). The lowest BCUT2D eigenvalue weighted by Gasteiger charge is -2.32. The molecule has 1 heteroatoms. The summed E-state index contributed by atoms with van der Waals surface area (Å²) in [4.78, 5) is 0. The molecule has 0 saturated heterocycles. The molecule has 0 spiro atoms. The lowest BCUT2D eigenvalue weighted by Crippen LogP contribution is -2.32. The fourth-order valence-electron chi connectivity index (χ4n) is 1.93. The van der Waals surface area contributed by atoms with Crippen LogP contribution in [0.25, 0.3) is 0 Å². The van der Waals surface area contributed by atoms with Gasteiger partial charge < -0.3 is 5.11 Å². The number of allylic oxidation sites excluding steroid dienone is 1. The highest BCUT2D eigenvalue weighted by Gasteiger charge is 2.28. The number of hydrogen-bond acceptors (Lipinski definition) is 1. The molecule has 0 fully saturated rings. The fourth-order valence-corrected chi connectivity index (χ4v) is 1.93. The van der Waals surface area contributed by atoms with E-state index in [2.05, 4.69) is 13.0 Å². The first-order valence-electron chi connectivity index (χ1n) is 4.41. The Hall–Kier alpha value is -0.300. The molecule has 0 saturated carbocycles. The summed E-state index contributed by atoms with van der Waals surface area (Å²) < 4.78 is 0. The second kappa shape index (κ2) is 2.98. The standard InChI is InChI=1S/C10H18O/c1-8-6-4-5-7-9(8)10(2,3)11/h6,9,11H,4-5,7H2,1-3H3. The van der Waals surface area contributed by atoms with Crippen molar-refractivity contribution in [1.82, 2.24) is 0 Å². The van der Waals surface area contributed by atoms with Gasteiger partial charge in [-0.1, -0.05) is 11.6 Å². The van der Waals surface area contributed by atoms with Crippen LogP contribution in [-0.2, 0) is 0 Å². The minimum absolute atomic E-state index is 0.385. The van der Waals surface area contributed by atoms with E-state index in [9.17, 15) is 5.11 Å². The molecule has 64 valence electrons. The molecule has 1 unspecified atom stereocenters. The lowest BCUT2D eigenvalue weighted by molar-refractivity contribution is 0.0263. The maximum atomic E-state index is 9.77. The van der Waals surface area contributed by atoms with Crippen LogP contribution in [0, 0.1) is 5.92 Å². The van der Waals surface area contributed by atoms with Gasteiger partial charge in [0.15, 0.2) is 0 Å². The molecule has 0 aliphatic heterocycles. The van der Waals surface area contributed by atoms with E-state index in [0.717, 1.165) is 6.42 Å². The summed E-state index contributed by atoms with van der Waals surface area (Å²) in [7, 11) is 0. The summed E-state index contributed by atoms with van der Waals surface area (Å²) in [5.74, 6) is 0.385. The molecule has 0 aromatic heterocycles. The van der Waals surface area contributed by atoms with Crippen molar-refractivity contribution in [3.63, 3.8) is 0 Å². The predicted octanol–water partition coefficient (Wildman–Crippen LogP) is 2.50. The van der Waals surface area contributed by atoms with Gasteiger partial charge in [-0.15, -0.1) is 0 Å². The van der Waals surface area contributed by atoms with Gasteiger partial charge in [-0.25, -0.2) is 0 Å². The van der Waals surface area contributed by atoms with Crippen LogP contribution in [0.15, 0.2) is 11.6 Å². The summed E-state index contributed by atoms with van der Waals surface area (Å²) in [6, 6.07) is 0. The zero-order valence-electron chi connectivity index (χ0n) is 7.72. The molecule has 1 aliphatic carbocycles. The lowest BCUT2D eigenvalue weighted by atomic mass is 9.78. The van der Waals surface area contributed by atoms with Crippen molar-refractivity contribution >= 4 is 0 Å². The Kier molecular flexibility index (Phi) is 2.38. The van der Waals surface area contributed by atoms with Crippen LogP contribution in [0.3, 0.4) is 0 Å². The molecular formula is C10H18O.